The highest BCUT2D eigenvalue weighted by Gasteiger charge is 2.34. The van der Waals surface area contributed by atoms with E-state index in [1.54, 1.807) is 25.1 Å². The number of hydrogen-bond acceptors (Lipinski definition) is 8. The quantitative estimate of drug-likeness (QED) is 0.478. The maximum absolute atomic E-state index is 13.1. The van der Waals surface area contributed by atoms with Gasteiger partial charge in [-0.15, -0.1) is 0 Å². The van der Waals surface area contributed by atoms with Crippen molar-refractivity contribution in [1.82, 2.24) is 19.9 Å². The molecule has 0 atom stereocenters. The highest BCUT2D eigenvalue weighted by Crippen LogP contribution is 2.31. The Labute approximate surface area is 172 Å². The first-order valence-electron chi connectivity index (χ1n) is 9.73. The molecule has 3 heterocycles. The van der Waals surface area contributed by atoms with Crippen molar-refractivity contribution in [2.45, 2.75) is 6.92 Å². The van der Waals surface area contributed by atoms with E-state index in [1.807, 2.05) is 6.07 Å². The first kappa shape index (κ1) is 18.3. The zero-order valence-electron chi connectivity index (χ0n) is 16.6. The summed E-state index contributed by atoms with van der Waals surface area (Å²) in [5.74, 6) is -0.810. The number of nitriles is 1. The van der Waals surface area contributed by atoms with Gasteiger partial charge in [-0.05, 0) is 38.2 Å². The molecular formula is C22H18N6O2. The number of aromatic nitrogens is 3. The molecule has 1 saturated heterocycles. The third kappa shape index (κ3) is 2.67. The number of nitrogens with zero attached hydrogens (tertiary/aromatic N) is 6. The molecule has 2 aliphatic rings. The van der Waals surface area contributed by atoms with Crippen molar-refractivity contribution >= 4 is 28.3 Å². The minimum atomic E-state index is -0.438. The maximum Gasteiger partial charge on any atom is 0.232 e. The van der Waals surface area contributed by atoms with Gasteiger partial charge in [-0.3, -0.25) is 9.59 Å². The molecule has 8 nitrogen and oxygen atoms in total. The van der Waals surface area contributed by atoms with E-state index in [1.165, 1.54) is 0 Å². The molecule has 148 valence electrons. The summed E-state index contributed by atoms with van der Waals surface area (Å²) >= 11 is 0. The number of carbonyl (C=O) groups excluding carboxylic acids is 2. The third-order valence-electron chi connectivity index (χ3n) is 5.69. The molecule has 1 fully saturated rings. The van der Waals surface area contributed by atoms with Gasteiger partial charge >= 0.3 is 0 Å². The van der Waals surface area contributed by atoms with Crippen molar-refractivity contribution in [1.29, 1.82) is 5.26 Å². The van der Waals surface area contributed by atoms with Crippen molar-refractivity contribution < 1.29 is 9.59 Å². The van der Waals surface area contributed by atoms with Crippen LogP contribution in [0.3, 0.4) is 0 Å². The number of hydrogen-bond donors (Lipinski definition) is 0. The lowest BCUT2D eigenvalue weighted by Gasteiger charge is -2.34. The molecule has 0 amide bonds. The third-order valence-corrected chi connectivity index (χ3v) is 5.69. The van der Waals surface area contributed by atoms with E-state index in [2.05, 4.69) is 37.9 Å². The summed E-state index contributed by atoms with van der Waals surface area (Å²) < 4.78 is 0. The standard InChI is InChI=1S/C22H18N6O2/c1-12-3-4-13-18(24-12)22(30)20-19(21(13)29)25-15-5-6-16(14(11-23)17(15)26-20)28-9-7-27(2)8-10-28/h3-6H,7-10H2,1-2H3. The average molecular weight is 398 g/mol. The normalized spacial score (nSPS) is 16.4. The predicted molar refractivity (Wildman–Crippen MR) is 110 cm³/mol. The summed E-state index contributed by atoms with van der Waals surface area (Å²) in [7, 11) is 2.07. The predicted octanol–water partition coefficient (Wildman–Crippen LogP) is 1.73. The summed E-state index contributed by atoms with van der Waals surface area (Å²) in [5, 5.41) is 9.90. The minimum Gasteiger partial charge on any atom is -0.368 e. The summed E-state index contributed by atoms with van der Waals surface area (Å²) in [4.78, 5) is 43.5. The van der Waals surface area contributed by atoms with Crippen LogP contribution in [0, 0.1) is 18.3 Å². The molecule has 30 heavy (non-hydrogen) atoms. The van der Waals surface area contributed by atoms with Crippen LogP contribution < -0.4 is 4.90 Å². The van der Waals surface area contributed by atoms with E-state index >= 15 is 0 Å². The number of likely N-dealkylation sites (N-methyl/N-ethyl adjacent to an activating group) is 1. The van der Waals surface area contributed by atoms with Crippen LogP contribution >= 0.6 is 0 Å². The van der Waals surface area contributed by atoms with Gasteiger partial charge in [0.25, 0.3) is 0 Å². The molecule has 5 rings (SSSR count). The Morgan fingerprint density at radius 2 is 1.63 bits per heavy atom. The lowest BCUT2D eigenvalue weighted by atomic mass is 9.93. The highest BCUT2D eigenvalue weighted by molar-refractivity contribution is 6.26. The molecule has 0 N–H and O–H groups in total. The fourth-order valence-electron chi connectivity index (χ4n) is 4.00. The summed E-state index contributed by atoms with van der Waals surface area (Å²) in [6, 6.07) is 9.14. The van der Waals surface area contributed by atoms with Gasteiger partial charge in [-0.1, -0.05) is 0 Å². The second-order valence-electron chi connectivity index (χ2n) is 7.66. The SMILES string of the molecule is Cc1ccc2c(n1)C(=O)c1nc3c(C#N)c(N4CCN(C)CC4)ccc3nc1C2=O. The molecule has 0 unspecified atom stereocenters. The Morgan fingerprint density at radius 3 is 2.37 bits per heavy atom. The lowest BCUT2D eigenvalue weighted by Crippen LogP contribution is -2.44. The van der Waals surface area contributed by atoms with Crippen LogP contribution in [0.2, 0.25) is 0 Å². The zero-order valence-corrected chi connectivity index (χ0v) is 16.6. The van der Waals surface area contributed by atoms with Crippen LogP contribution in [0.1, 0.15) is 43.5 Å². The van der Waals surface area contributed by atoms with E-state index in [0.717, 1.165) is 31.9 Å². The molecule has 1 aliphatic carbocycles. The molecule has 2 aromatic heterocycles. The second-order valence-corrected chi connectivity index (χ2v) is 7.66. The second kappa shape index (κ2) is 6.68. The number of rotatable bonds is 1. The number of ketones is 2. The fraction of sp³-hybridized carbons (Fsp3) is 0.273. The van der Waals surface area contributed by atoms with Crippen LogP contribution in [0.4, 0.5) is 5.69 Å². The number of carbonyl (C=O) groups is 2. The monoisotopic (exact) mass is 398 g/mol. The summed E-state index contributed by atoms with van der Waals surface area (Å²) in [6.45, 7) is 5.14. The van der Waals surface area contributed by atoms with Gasteiger partial charge in [-0.25, -0.2) is 15.0 Å². The number of benzene rings is 1. The van der Waals surface area contributed by atoms with E-state index < -0.39 is 5.78 Å². The average Bonchev–Trinajstić information content (AvgIpc) is 2.76. The number of pyridine rings is 1. The van der Waals surface area contributed by atoms with E-state index in [4.69, 9.17) is 0 Å². The molecule has 0 spiro atoms. The molecule has 8 heteroatoms. The smallest absolute Gasteiger partial charge is 0.232 e. The van der Waals surface area contributed by atoms with Crippen molar-refractivity contribution in [3.63, 3.8) is 0 Å². The maximum atomic E-state index is 13.1. The van der Waals surface area contributed by atoms with Gasteiger partial charge in [0, 0.05) is 31.9 Å². The van der Waals surface area contributed by atoms with E-state index in [0.29, 0.717) is 22.3 Å². The Bertz CT molecular complexity index is 1290. The van der Waals surface area contributed by atoms with E-state index in [9.17, 15) is 14.9 Å². The number of aryl methyl sites for hydroxylation is 1. The van der Waals surface area contributed by atoms with Crippen LogP contribution in [-0.4, -0.2) is 64.6 Å². The van der Waals surface area contributed by atoms with E-state index in [-0.39, 0.29) is 28.4 Å². The van der Waals surface area contributed by atoms with Gasteiger partial charge in [-0.2, -0.15) is 5.26 Å². The molecule has 3 aromatic rings. The summed E-state index contributed by atoms with van der Waals surface area (Å²) in [5.41, 5.74) is 2.86. The zero-order chi connectivity index (χ0) is 21.0. The molecular weight excluding hydrogens is 380 g/mol. The summed E-state index contributed by atoms with van der Waals surface area (Å²) in [6.07, 6.45) is 0. The molecule has 0 radical (unpaired) electrons. The van der Waals surface area contributed by atoms with Gasteiger partial charge < -0.3 is 9.80 Å². The van der Waals surface area contributed by atoms with Crippen molar-refractivity contribution in [2.24, 2.45) is 0 Å². The van der Waals surface area contributed by atoms with Crippen LogP contribution in [0.15, 0.2) is 24.3 Å². The molecule has 1 aromatic carbocycles. The Hall–Kier alpha value is -3.70. The van der Waals surface area contributed by atoms with Crippen molar-refractivity contribution in [3.8, 4) is 6.07 Å². The minimum absolute atomic E-state index is 0.0156. The topological polar surface area (TPSA) is 103 Å². The van der Waals surface area contributed by atoms with Gasteiger partial charge in [0.2, 0.25) is 11.6 Å². The fourth-order valence-corrected chi connectivity index (χ4v) is 4.00. The van der Waals surface area contributed by atoms with Crippen LogP contribution in [-0.2, 0) is 0 Å². The largest absolute Gasteiger partial charge is 0.368 e. The van der Waals surface area contributed by atoms with Gasteiger partial charge in [0.05, 0.1) is 16.8 Å². The first-order valence-corrected chi connectivity index (χ1v) is 9.73. The lowest BCUT2D eigenvalue weighted by molar-refractivity contribution is 0.0968. The molecule has 1 aliphatic heterocycles. The highest BCUT2D eigenvalue weighted by atomic mass is 16.1. The first-order chi connectivity index (χ1) is 14.5. The Kier molecular flexibility index (Phi) is 4.08. The number of piperazine rings is 1. The molecule has 0 bridgehead atoms. The Morgan fingerprint density at radius 1 is 0.900 bits per heavy atom. The number of fused-ring (bicyclic) bond motifs is 3. The van der Waals surface area contributed by atoms with Crippen LogP contribution in [0.5, 0.6) is 0 Å². The number of anilines is 1. The molecule has 0 saturated carbocycles. The van der Waals surface area contributed by atoms with Gasteiger partial charge in [0.1, 0.15) is 34.2 Å². The van der Waals surface area contributed by atoms with Crippen LogP contribution in [0.25, 0.3) is 11.0 Å². The van der Waals surface area contributed by atoms with Gasteiger partial charge in [0.15, 0.2) is 0 Å². The van der Waals surface area contributed by atoms with Crippen molar-refractivity contribution in [3.05, 3.63) is 58.2 Å². The Balaban J connectivity index is 1.69. The van der Waals surface area contributed by atoms with Crippen molar-refractivity contribution in [2.75, 3.05) is 38.1 Å².